The normalized spacial score (nSPS) is 14.6. The predicted molar refractivity (Wildman–Crippen MR) is 509 cm³/mol. The van der Waals surface area contributed by atoms with Gasteiger partial charge < -0.3 is 34.2 Å². The first-order valence-electron chi connectivity index (χ1n) is 47.7. The first-order chi connectivity index (χ1) is 59.2. The van der Waals surface area contributed by atoms with Crippen LogP contribution in [0.4, 0.5) is 0 Å². The van der Waals surface area contributed by atoms with E-state index in [1.807, 2.05) is 0 Å². The third kappa shape index (κ3) is 94.9. The highest BCUT2D eigenvalue weighted by Crippen LogP contribution is 2.45. The number of rotatable bonds is 89. The predicted octanol–water partition coefficient (Wildman–Crippen LogP) is 29.8. The van der Waals surface area contributed by atoms with Crippen LogP contribution in [0.5, 0.6) is 0 Å². The standard InChI is InChI=1S/C103H172O16P2/c1-4-7-10-13-16-19-22-25-28-31-34-36-38-40-42-44-46-47-48-49-51-53-54-56-58-60-63-65-68-71-74-77-80-83-86-89-101(106)113-92-98(104)93-115-120(109,110)116-94-99(105)95-117-121(111,112)118-97-100(119-103(108)91-88-85-82-79-76-73-70-67-62-33-30-27-24-21-18-15-12-9-6-3)96-114-102(107)90-87-84-81-78-75-72-69-66-64-61-59-57-55-52-50-45-43-41-39-37-35-32-29-26-23-20-17-14-11-8-5-2/h7-12,16-21,25-30,34-37,40-43,46-47,62,67,73,76,98-100,104-105H,4-6,13-15,22-24,31-33,38-39,44-45,48-61,63-66,68-72,74-75,77-97H2,1-3H3,(H,109,110)(H,111,112)/b10-7-,11-8-,12-9-,19-16-,20-17-,21-18-,28-25-,29-26-,30-27-,36-34-,37-35-,42-40-,43-41-,47-46-,67-62-,76-73-. The third-order valence-corrected chi connectivity index (χ3v) is 21.7. The molecule has 0 aliphatic carbocycles. The summed E-state index contributed by atoms with van der Waals surface area (Å²) in [6, 6.07) is 0. The summed E-state index contributed by atoms with van der Waals surface area (Å²) < 4.78 is 61.5. The lowest BCUT2D eigenvalue weighted by Gasteiger charge is -2.21. The van der Waals surface area contributed by atoms with Gasteiger partial charge in [0.2, 0.25) is 0 Å². The second-order valence-corrected chi connectivity index (χ2v) is 34.3. The minimum atomic E-state index is -4.95. The molecule has 0 heterocycles. The van der Waals surface area contributed by atoms with E-state index in [4.69, 9.17) is 32.3 Å². The van der Waals surface area contributed by atoms with E-state index < -0.39 is 91.5 Å². The number of phosphoric acid groups is 2. The minimum Gasteiger partial charge on any atom is -0.463 e. The lowest BCUT2D eigenvalue weighted by molar-refractivity contribution is -0.161. The Kier molecular flexibility index (Phi) is 89.2. The largest absolute Gasteiger partial charge is 0.472 e. The first kappa shape index (κ1) is 115. The van der Waals surface area contributed by atoms with Crippen LogP contribution in [0, 0.1) is 0 Å². The van der Waals surface area contributed by atoms with Crippen LogP contribution in [0.15, 0.2) is 194 Å². The van der Waals surface area contributed by atoms with Gasteiger partial charge in [0.15, 0.2) is 6.10 Å². The van der Waals surface area contributed by atoms with Gasteiger partial charge in [-0.1, -0.05) is 395 Å². The molecule has 16 nitrogen and oxygen atoms in total. The molecular weight excluding hydrogens is 1560 g/mol. The maximum Gasteiger partial charge on any atom is 0.472 e. The molecule has 0 radical (unpaired) electrons. The summed E-state index contributed by atoms with van der Waals surface area (Å²) >= 11 is 0. The molecule has 0 saturated carbocycles. The van der Waals surface area contributed by atoms with Gasteiger partial charge in [0.1, 0.15) is 25.4 Å². The lowest BCUT2D eigenvalue weighted by Crippen LogP contribution is -2.30. The summed E-state index contributed by atoms with van der Waals surface area (Å²) in [7, 11) is -9.83. The Hall–Kier alpha value is -5.61. The molecule has 5 unspecified atom stereocenters. The van der Waals surface area contributed by atoms with Crippen LogP contribution >= 0.6 is 15.6 Å². The van der Waals surface area contributed by atoms with Crippen LogP contribution in [0.3, 0.4) is 0 Å². The molecule has 4 N–H and O–H groups in total. The molecule has 0 fully saturated rings. The van der Waals surface area contributed by atoms with Crippen molar-refractivity contribution in [3.8, 4) is 0 Å². The summed E-state index contributed by atoms with van der Waals surface area (Å²) in [5, 5.41) is 20.7. The molecule has 0 amide bonds. The van der Waals surface area contributed by atoms with Crippen molar-refractivity contribution < 1.29 is 75.8 Å². The number of aliphatic hydroxyl groups excluding tert-OH is 2. The number of allylic oxidation sites excluding steroid dienone is 32. The second kappa shape index (κ2) is 93.5. The fourth-order valence-electron chi connectivity index (χ4n) is 12.7. The van der Waals surface area contributed by atoms with Crippen molar-refractivity contribution in [1.29, 1.82) is 0 Å². The van der Waals surface area contributed by atoms with Gasteiger partial charge >= 0.3 is 33.6 Å². The molecule has 5 atom stereocenters. The average Bonchev–Trinajstić information content (AvgIpc) is 0.895. The average molecular weight is 1730 g/mol. The van der Waals surface area contributed by atoms with Crippen molar-refractivity contribution >= 4 is 33.6 Å². The molecule has 0 spiro atoms. The highest BCUT2D eigenvalue weighted by Gasteiger charge is 2.29. The summed E-state index contributed by atoms with van der Waals surface area (Å²) in [5.74, 6) is -1.61. The van der Waals surface area contributed by atoms with E-state index >= 15 is 0 Å². The maximum absolute atomic E-state index is 13.1. The van der Waals surface area contributed by atoms with Crippen LogP contribution in [0.25, 0.3) is 0 Å². The zero-order valence-corrected chi connectivity index (χ0v) is 77.9. The van der Waals surface area contributed by atoms with Gasteiger partial charge in [-0.3, -0.25) is 32.5 Å². The van der Waals surface area contributed by atoms with Gasteiger partial charge in [0.25, 0.3) is 0 Å². The molecule has 0 aromatic carbocycles. The molecule has 18 heteroatoms. The summed E-state index contributed by atoms with van der Waals surface area (Å²) in [4.78, 5) is 59.0. The van der Waals surface area contributed by atoms with Crippen molar-refractivity contribution in [1.82, 2.24) is 0 Å². The van der Waals surface area contributed by atoms with E-state index in [0.29, 0.717) is 19.3 Å². The van der Waals surface area contributed by atoms with Crippen molar-refractivity contribution in [2.75, 3.05) is 39.6 Å². The van der Waals surface area contributed by atoms with E-state index in [0.717, 1.165) is 167 Å². The number of esters is 3. The van der Waals surface area contributed by atoms with Crippen molar-refractivity contribution in [3.63, 3.8) is 0 Å². The van der Waals surface area contributed by atoms with Gasteiger partial charge in [-0.05, 0) is 161 Å². The molecule has 0 aromatic heterocycles. The number of unbranched alkanes of at least 4 members (excludes halogenated alkanes) is 34. The maximum atomic E-state index is 13.1. The summed E-state index contributed by atoms with van der Waals surface area (Å²) in [5.41, 5.74) is 0. The van der Waals surface area contributed by atoms with Crippen LogP contribution in [0.2, 0.25) is 0 Å². The number of hydrogen-bond acceptors (Lipinski definition) is 14. The molecule has 0 bridgehead atoms. The Morgan fingerprint density at radius 2 is 0.413 bits per heavy atom. The van der Waals surface area contributed by atoms with Gasteiger partial charge in [-0.25, -0.2) is 9.13 Å². The second-order valence-electron chi connectivity index (χ2n) is 31.4. The number of ether oxygens (including phenoxy) is 3. The molecule has 690 valence electrons. The van der Waals surface area contributed by atoms with Crippen LogP contribution in [-0.4, -0.2) is 95.9 Å². The fraction of sp³-hybridized carbons (Fsp3) is 0.660. The van der Waals surface area contributed by atoms with Crippen LogP contribution < -0.4 is 0 Å². The van der Waals surface area contributed by atoms with Gasteiger partial charge in [0.05, 0.1) is 26.4 Å². The Balaban J connectivity index is 4.53. The number of carbonyl (C=O) groups excluding carboxylic acids is 3. The Morgan fingerprint density at radius 3 is 0.661 bits per heavy atom. The zero-order valence-electron chi connectivity index (χ0n) is 76.1. The minimum absolute atomic E-state index is 0.0611. The van der Waals surface area contributed by atoms with Crippen LogP contribution in [-0.2, 0) is 55.8 Å². The van der Waals surface area contributed by atoms with Crippen molar-refractivity contribution in [2.45, 2.75) is 399 Å². The van der Waals surface area contributed by atoms with Crippen LogP contribution in [0.1, 0.15) is 380 Å². The van der Waals surface area contributed by atoms with Gasteiger partial charge in [-0.2, -0.15) is 0 Å². The Bertz CT molecular complexity index is 2980. The SMILES string of the molecule is CC/C=C\C/C=C\C/C=C\C/C=C\C/C=C\C/C=C\CCCCCCCCCCCCCCCCCCC(=O)OCC(O)COP(=O)(O)OCC(O)COP(=O)(O)OCC(COC(=O)CCCCCCCCCCCCCCCCC/C=C\C/C=C\C/C=C\C/C=C\C/C=C\CC)OC(=O)CCCCC/C=C\C/C=C\C/C=C\C/C=C\C/C=C\CC. The summed E-state index contributed by atoms with van der Waals surface area (Å²) in [6.45, 7) is 2.34. The molecule has 121 heavy (non-hydrogen) atoms. The Labute approximate surface area is 737 Å². The molecule has 0 aromatic rings. The molecule has 0 aliphatic heterocycles. The number of phosphoric ester groups is 2. The zero-order chi connectivity index (χ0) is 87.9. The first-order valence-corrected chi connectivity index (χ1v) is 50.7. The highest BCUT2D eigenvalue weighted by molar-refractivity contribution is 7.47. The number of aliphatic hydroxyl groups is 2. The highest BCUT2D eigenvalue weighted by atomic mass is 31.2. The van der Waals surface area contributed by atoms with Crippen molar-refractivity contribution in [3.05, 3.63) is 194 Å². The Morgan fingerprint density at radius 1 is 0.231 bits per heavy atom. The third-order valence-electron chi connectivity index (χ3n) is 19.8. The quantitative estimate of drug-likeness (QED) is 0.0146. The van der Waals surface area contributed by atoms with Crippen molar-refractivity contribution in [2.24, 2.45) is 0 Å². The topological polar surface area (TPSA) is 231 Å². The van der Waals surface area contributed by atoms with E-state index in [1.165, 1.54) is 154 Å². The number of hydrogen-bond donors (Lipinski definition) is 4. The van der Waals surface area contributed by atoms with Gasteiger partial charge in [0, 0.05) is 19.3 Å². The lowest BCUT2D eigenvalue weighted by atomic mass is 10.0. The molecule has 0 rings (SSSR count). The monoisotopic (exact) mass is 1730 g/mol. The van der Waals surface area contributed by atoms with E-state index in [9.17, 15) is 43.5 Å². The van der Waals surface area contributed by atoms with E-state index in [1.54, 1.807) is 0 Å². The fourth-order valence-corrected chi connectivity index (χ4v) is 14.3. The molecule has 0 saturated heterocycles. The van der Waals surface area contributed by atoms with E-state index in [-0.39, 0.29) is 19.3 Å². The van der Waals surface area contributed by atoms with E-state index in [2.05, 4.69) is 215 Å². The smallest absolute Gasteiger partial charge is 0.463 e. The summed E-state index contributed by atoms with van der Waals surface area (Å²) in [6.07, 6.45) is 125. The number of carbonyl (C=O) groups is 3. The van der Waals surface area contributed by atoms with Gasteiger partial charge in [-0.15, -0.1) is 0 Å². The molecule has 0 aliphatic rings. The molecular formula is C103H172O16P2.